The monoisotopic (exact) mass is 382 g/mol. The topological polar surface area (TPSA) is 95.9 Å². The van der Waals surface area contributed by atoms with Gasteiger partial charge in [-0.25, -0.2) is 4.79 Å². The Morgan fingerprint density at radius 1 is 1.00 bits per heavy atom. The van der Waals surface area contributed by atoms with Gasteiger partial charge in [0.15, 0.2) is 6.61 Å². The fraction of sp³-hybridized carbons (Fsp3) is 0.286. The second-order valence-electron chi connectivity index (χ2n) is 6.62. The smallest absolute Gasteiger partial charge is 0.341 e. The lowest BCUT2D eigenvalue weighted by Crippen LogP contribution is -2.46. The minimum absolute atomic E-state index is 0.00802. The molecule has 3 rings (SSSR count). The summed E-state index contributed by atoms with van der Waals surface area (Å²) in [5.74, 6) is -0.979. The Labute approximate surface area is 162 Å². The van der Waals surface area contributed by atoms with Crippen molar-refractivity contribution in [2.45, 2.75) is 18.9 Å². The van der Waals surface area contributed by atoms with Crippen LogP contribution in [0.5, 0.6) is 5.75 Å². The molecule has 146 valence electrons. The number of carbonyl (C=O) groups excluding carboxylic acids is 2. The summed E-state index contributed by atoms with van der Waals surface area (Å²) in [5, 5.41) is 11.6. The molecule has 1 saturated heterocycles. The third-order valence-corrected chi connectivity index (χ3v) is 4.60. The zero-order valence-electron chi connectivity index (χ0n) is 15.3. The van der Waals surface area contributed by atoms with Crippen molar-refractivity contribution in [1.29, 1.82) is 0 Å². The summed E-state index contributed by atoms with van der Waals surface area (Å²) in [6, 6.07) is 15.6. The number of benzene rings is 2. The van der Waals surface area contributed by atoms with E-state index in [2.05, 4.69) is 5.32 Å². The van der Waals surface area contributed by atoms with Gasteiger partial charge in [0.2, 0.25) is 0 Å². The lowest BCUT2D eigenvalue weighted by Gasteiger charge is -2.32. The third kappa shape index (κ3) is 5.09. The number of aliphatic carboxylic acids is 1. The van der Waals surface area contributed by atoms with Crippen LogP contribution in [0, 0.1) is 0 Å². The predicted molar refractivity (Wildman–Crippen MR) is 102 cm³/mol. The Hall–Kier alpha value is -3.35. The van der Waals surface area contributed by atoms with Gasteiger partial charge in [-0.05, 0) is 43.2 Å². The molecule has 28 heavy (non-hydrogen) atoms. The standard InChI is InChI=1S/C21H22N2O5/c24-19(25)14-28-18-8-4-7-16(13-18)20(26)22-17-9-11-23(12-10-17)21(27)15-5-2-1-3-6-15/h1-8,13,17H,9-12,14H2,(H,22,26)(H,24,25). The van der Waals surface area contributed by atoms with Crippen molar-refractivity contribution >= 4 is 17.8 Å². The summed E-state index contributed by atoms with van der Waals surface area (Å²) in [5.41, 5.74) is 1.08. The molecular weight excluding hydrogens is 360 g/mol. The van der Waals surface area contributed by atoms with E-state index in [1.54, 1.807) is 35.2 Å². The van der Waals surface area contributed by atoms with Crippen LogP contribution in [0.1, 0.15) is 33.6 Å². The van der Waals surface area contributed by atoms with Gasteiger partial charge < -0.3 is 20.1 Å². The van der Waals surface area contributed by atoms with Gasteiger partial charge in [-0.15, -0.1) is 0 Å². The number of amides is 2. The highest BCUT2D eigenvalue weighted by Gasteiger charge is 2.24. The molecule has 0 radical (unpaired) electrons. The van der Waals surface area contributed by atoms with E-state index >= 15 is 0 Å². The normalized spacial score (nSPS) is 14.4. The minimum atomic E-state index is -1.08. The summed E-state index contributed by atoms with van der Waals surface area (Å²) < 4.78 is 5.11. The Balaban J connectivity index is 1.52. The van der Waals surface area contributed by atoms with Crippen molar-refractivity contribution in [1.82, 2.24) is 10.2 Å². The fourth-order valence-electron chi connectivity index (χ4n) is 3.13. The van der Waals surface area contributed by atoms with E-state index in [0.29, 0.717) is 42.8 Å². The molecule has 1 fully saturated rings. The van der Waals surface area contributed by atoms with Gasteiger partial charge >= 0.3 is 5.97 Å². The number of nitrogens with one attached hydrogen (secondary N) is 1. The minimum Gasteiger partial charge on any atom is -0.482 e. The average Bonchev–Trinajstić information content (AvgIpc) is 2.73. The Kier molecular flexibility index (Phi) is 6.26. The summed E-state index contributed by atoms with van der Waals surface area (Å²) in [6.45, 7) is 0.708. The van der Waals surface area contributed by atoms with Crippen molar-refractivity contribution < 1.29 is 24.2 Å². The van der Waals surface area contributed by atoms with Crippen molar-refractivity contribution in [3.05, 3.63) is 65.7 Å². The number of carboxylic acids is 1. The van der Waals surface area contributed by atoms with Crippen LogP contribution in [0.25, 0.3) is 0 Å². The second kappa shape index (κ2) is 9.03. The van der Waals surface area contributed by atoms with E-state index in [9.17, 15) is 14.4 Å². The highest BCUT2D eigenvalue weighted by Crippen LogP contribution is 2.16. The second-order valence-corrected chi connectivity index (χ2v) is 6.62. The maximum Gasteiger partial charge on any atom is 0.341 e. The van der Waals surface area contributed by atoms with Crippen LogP contribution in [-0.4, -0.2) is 53.5 Å². The van der Waals surface area contributed by atoms with E-state index in [0.717, 1.165) is 0 Å². The predicted octanol–water partition coefficient (Wildman–Crippen LogP) is 2.18. The van der Waals surface area contributed by atoms with E-state index < -0.39 is 12.6 Å². The SMILES string of the molecule is O=C(O)COc1cccc(C(=O)NC2CCN(C(=O)c3ccccc3)CC2)c1. The molecule has 2 aromatic carbocycles. The number of hydrogen-bond acceptors (Lipinski definition) is 4. The summed E-state index contributed by atoms with van der Waals surface area (Å²) >= 11 is 0. The highest BCUT2D eigenvalue weighted by atomic mass is 16.5. The first-order valence-electron chi connectivity index (χ1n) is 9.13. The summed E-state index contributed by atoms with van der Waals surface area (Å²) in [7, 11) is 0. The lowest BCUT2D eigenvalue weighted by atomic mass is 10.0. The van der Waals surface area contributed by atoms with Crippen molar-refractivity contribution in [3.8, 4) is 5.75 Å². The summed E-state index contributed by atoms with van der Waals surface area (Å²) in [4.78, 5) is 37.3. The number of ether oxygens (including phenoxy) is 1. The molecule has 0 unspecified atom stereocenters. The lowest BCUT2D eigenvalue weighted by molar-refractivity contribution is -0.139. The summed E-state index contributed by atoms with van der Waals surface area (Å²) in [6.07, 6.45) is 1.36. The van der Waals surface area contributed by atoms with E-state index in [1.807, 2.05) is 18.2 Å². The van der Waals surface area contributed by atoms with Gasteiger partial charge in [-0.1, -0.05) is 24.3 Å². The van der Waals surface area contributed by atoms with Crippen LogP contribution in [0.2, 0.25) is 0 Å². The first-order chi connectivity index (χ1) is 13.5. The molecule has 1 aliphatic rings. The maximum absolute atomic E-state index is 12.5. The Bertz CT molecular complexity index is 845. The van der Waals surface area contributed by atoms with Crippen molar-refractivity contribution in [2.75, 3.05) is 19.7 Å². The molecule has 2 N–H and O–H groups in total. The van der Waals surface area contributed by atoms with Crippen LogP contribution in [-0.2, 0) is 4.79 Å². The van der Waals surface area contributed by atoms with Crippen molar-refractivity contribution in [3.63, 3.8) is 0 Å². The van der Waals surface area contributed by atoms with Gasteiger partial charge in [-0.3, -0.25) is 9.59 Å². The largest absolute Gasteiger partial charge is 0.482 e. The number of carboxylic acid groups (broad SMARTS) is 1. The Morgan fingerprint density at radius 2 is 1.68 bits per heavy atom. The number of hydrogen-bond donors (Lipinski definition) is 2. The molecule has 0 bridgehead atoms. The molecule has 0 aromatic heterocycles. The Morgan fingerprint density at radius 3 is 2.36 bits per heavy atom. The van der Waals surface area contributed by atoms with Gasteiger partial charge in [0.05, 0.1) is 0 Å². The van der Waals surface area contributed by atoms with E-state index in [-0.39, 0.29) is 17.9 Å². The number of piperidine rings is 1. The fourth-order valence-corrected chi connectivity index (χ4v) is 3.13. The first-order valence-corrected chi connectivity index (χ1v) is 9.13. The number of likely N-dealkylation sites (tertiary alicyclic amines) is 1. The first kappa shape index (κ1) is 19.4. The molecule has 7 nitrogen and oxygen atoms in total. The van der Waals surface area contributed by atoms with Crippen LogP contribution >= 0.6 is 0 Å². The molecule has 1 aliphatic heterocycles. The van der Waals surface area contributed by atoms with Crippen LogP contribution in [0.4, 0.5) is 0 Å². The quantitative estimate of drug-likeness (QED) is 0.798. The average molecular weight is 382 g/mol. The molecule has 2 aromatic rings. The highest BCUT2D eigenvalue weighted by molar-refractivity contribution is 5.95. The van der Waals surface area contributed by atoms with Crippen LogP contribution < -0.4 is 10.1 Å². The van der Waals surface area contributed by atoms with Gasteiger partial charge in [0.1, 0.15) is 5.75 Å². The van der Waals surface area contributed by atoms with Crippen LogP contribution in [0.15, 0.2) is 54.6 Å². The van der Waals surface area contributed by atoms with Gasteiger partial charge in [0.25, 0.3) is 11.8 Å². The molecule has 0 saturated carbocycles. The molecule has 0 aliphatic carbocycles. The van der Waals surface area contributed by atoms with E-state index in [4.69, 9.17) is 9.84 Å². The molecule has 0 spiro atoms. The number of nitrogens with zero attached hydrogens (tertiary/aromatic N) is 1. The molecule has 2 amide bonds. The van der Waals surface area contributed by atoms with Gasteiger partial charge in [-0.2, -0.15) is 0 Å². The molecule has 0 atom stereocenters. The maximum atomic E-state index is 12.5. The van der Waals surface area contributed by atoms with Crippen LogP contribution in [0.3, 0.4) is 0 Å². The zero-order chi connectivity index (χ0) is 19.9. The van der Waals surface area contributed by atoms with Crippen molar-refractivity contribution in [2.24, 2.45) is 0 Å². The van der Waals surface area contributed by atoms with Gasteiger partial charge in [0, 0.05) is 30.3 Å². The molecule has 1 heterocycles. The third-order valence-electron chi connectivity index (χ3n) is 4.60. The zero-order valence-corrected chi connectivity index (χ0v) is 15.3. The van der Waals surface area contributed by atoms with E-state index in [1.165, 1.54) is 6.07 Å². The number of carbonyl (C=O) groups is 3. The molecular formula is C21H22N2O5. The molecule has 7 heteroatoms. The number of rotatable bonds is 6.